The van der Waals surface area contributed by atoms with Crippen molar-refractivity contribution in [3.63, 3.8) is 0 Å². The molecular weight excluding hydrogens is 270 g/mol. The quantitative estimate of drug-likeness (QED) is 0.526. The van der Waals surface area contributed by atoms with Crippen LogP contribution in [0.1, 0.15) is 37.0 Å². The Bertz CT molecular complexity index is 549. The van der Waals surface area contributed by atoms with Gasteiger partial charge in [0.2, 0.25) is 0 Å². The van der Waals surface area contributed by atoms with Gasteiger partial charge in [-0.25, -0.2) is 0 Å². The highest BCUT2D eigenvalue weighted by Crippen LogP contribution is 2.30. The van der Waals surface area contributed by atoms with Gasteiger partial charge in [0.15, 0.2) is 0 Å². The summed E-state index contributed by atoms with van der Waals surface area (Å²) in [4.78, 5) is 24.8. The summed E-state index contributed by atoms with van der Waals surface area (Å²) in [6.07, 6.45) is 1.89. The standard InChI is InChI=1S/C15H21N3O3/c1-10(2)11-6-8-17(9-7-11)15(19)12-4-3-5-13(16)14(12)18(20)21/h3-5,10-11H,6-9,16H2,1-2H3. The Morgan fingerprint density at radius 2 is 2.00 bits per heavy atom. The third-order valence-corrected chi connectivity index (χ3v) is 4.25. The van der Waals surface area contributed by atoms with Crippen LogP contribution in [0, 0.1) is 22.0 Å². The maximum atomic E-state index is 12.5. The lowest BCUT2D eigenvalue weighted by molar-refractivity contribution is -0.384. The number of carbonyl (C=O) groups is 1. The summed E-state index contributed by atoms with van der Waals surface area (Å²) < 4.78 is 0. The molecular formula is C15H21N3O3. The number of likely N-dealkylation sites (tertiary alicyclic amines) is 1. The molecule has 1 aliphatic heterocycles. The molecule has 0 unspecified atom stereocenters. The van der Waals surface area contributed by atoms with Gasteiger partial charge in [-0.05, 0) is 36.8 Å². The minimum atomic E-state index is -0.580. The molecule has 1 aromatic rings. The molecule has 2 N–H and O–H groups in total. The first-order valence-electron chi connectivity index (χ1n) is 7.24. The third kappa shape index (κ3) is 3.15. The van der Waals surface area contributed by atoms with Crippen molar-refractivity contribution < 1.29 is 9.72 Å². The summed E-state index contributed by atoms with van der Waals surface area (Å²) in [5.74, 6) is 0.921. The number of amides is 1. The van der Waals surface area contributed by atoms with Crippen molar-refractivity contribution in [1.82, 2.24) is 4.90 Å². The predicted molar refractivity (Wildman–Crippen MR) is 81.0 cm³/mol. The van der Waals surface area contributed by atoms with Gasteiger partial charge >= 0.3 is 5.69 Å². The average Bonchev–Trinajstić information content (AvgIpc) is 2.46. The number of para-hydroxylation sites is 1. The lowest BCUT2D eigenvalue weighted by atomic mass is 9.86. The van der Waals surface area contributed by atoms with E-state index in [4.69, 9.17) is 5.73 Å². The molecule has 6 heteroatoms. The van der Waals surface area contributed by atoms with E-state index in [2.05, 4.69) is 13.8 Å². The highest BCUT2D eigenvalue weighted by molar-refractivity contribution is 6.00. The number of nitrogens with two attached hydrogens (primary N) is 1. The van der Waals surface area contributed by atoms with E-state index in [1.54, 1.807) is 11.0 Å². The number of carbonyl (C=O) groups excluding carboxylic acids is 1. The number of nitro benzene ring substituents is 1. The van der Waals surface area contributed by atoms with E-state index in [0.717, 1.165) is 12.8 Å². The van der Waals surface area contributed by atoms with Crippen molar-refractivity contribution in [2.24, 2.45) is 11.8 Å². The first kappa shape index (κ1) is 15.3. The highest BCUT2D eigenvalue weighted by Gasteiger charge is 2.30. The number of hydrogen-bond donors (Lipinski definition) is 1. The molecule has 1 fully saturated rings. The number of nitrogens with zero attached hydrogens (tertiary/aromatic N) is 2. The monoisotopic (exact) mass is 291 g/mol. The maximum absolute atomic E-state index is 12.5. The van der Waals surface area contributed by atoms with Crippen LogP contribution in [0.3, 0.4) is 0 Å². The minimum absolute atomic E-state index is 0.0305. The molecule has 0 aliphatic carbocycles. The average molecular weight is 291 g/mol. The molecule has 2 rings (SSSR count). The summed E-state index contributed by atoms with van der Waals surface area (Å²) >= 11 is 0. The van der Waals surface area contributed by atoms with Crippen LogP contribution in [0.4, 0.5) is 11.4 Å². The lowest BCUT2D eigenvalue weighted by Gasteiger charge is -2.33. The largest absolute Gasteiger partial charge is 0.393 e. The van der Waals surface area contributed by atoms with Crippen molar-refractivity contribution in [1.29, 1.82) is 0 Å². The summed E-state index contributed by atoms with van der Waals surface area (Å²) in [6.45, 7) is 5.66. The van der Waals surface area contributed by atoms with E-state index in [1.807, 2.05) is 0 Å². The number of anilines is 1. The molecule has 1 aromatic carbocycles. The fraction of sp³-hybridized carbons (Fsp3) is 0.533. The zero-order valence-electron chi connectivity index (χ0n) is 12.4. The first-order valence-corrected chi connectivity index (χ1v) is 7.24. The fourth-order valence-electron chi connectivity index (χ4n) is 2.88. The smallest absolute Gasteiger partial charge is 0.304 e. The van der Waals surface area contributed by atoms with Gasteiger partial charge in [-0.2, -0.15) is 0 Å². The van der Waals surface area contributed by atoms with Crippen molar-refractivity contribution in [2.75, 3.05) is 18.8 Å². The molecule has 1 aliphatic rings. The van der Waals surface area contributed by atoms with Gasteiger partial charge in [-0.3, -0.25) is 14.9 Å². The summed E-state index contributed by atoms with van der Waals surface area (Å²) in [5, 5.41) is 11.1. The molecule has 1 saturated heterocycles. The van der Waals surface area contributed by atoms with E-state index in [0.29, 0.717) is 24.9 Å². The molecule has 1 amide bonds. The predicted octanol–water partition coefficient (Wildman–Crippen LogP) is 2.69. The highest BCUT2D eigenvalue weighted by atomic mass is 16.6. The van der Waals surface area contributed by atoms with Gasteiger partial charge in [0.1, 0.15) is 11.3 Å². The van der Waals surface area contributed by atoms with Crippen LogP contribution in [0.25, 0.3) is 0 Å². The van der Waals surface area contributed by atoms with Crippen molar-refractivity contribution in [3.8, 4) is 0 Å². The molecule has 21 heavy (non-hydrogen) atoms. The Hall–Kier alpha value is -2.11. The van der Waals surface area contributed by atoms with Crippen LogP contribution in [0.15, 0.2) is 18.2 Å². The SMILES string of the molecule is CC(C)C1CCN(C(=O)c2cccc(N)c2[N+](=O)[O-])CC1. The molecule has 0 radical (unpaired) electrons. The number of benzene rings is 1. The Kier molecular flexibility index (Phi) is 4.45. The zero-order chi connectivity index (χ0) is 15.6. The topological polar surface area (TPSA) is 89.5 Å². The van der Waals surface area contributed by atoms with Crippen LogP contribution < -0.4 is 5.73 Å². The molecule has 0 aromatic heterocycles. The molecule has 0 saturated carbocycles. The van der Waals surface area contributed by atoms with E-state index in [-0.39, 0.29) is 22.8 Å². The molecule has 6 nitrogen and oxygen atoms in total. The summed E-state index contributed by atoms with van der Waals surface area (Å²) in [7, 11) is 0. The molecule has 0 bridgehead atoms. The summed E-state index contributed by atoms with van der Waals surface area (Å²) in [5.41, 5.74) is 5.47. The Morgan fingerprint density at radius 3 is 2.52 bits per heavy atom. The van der Waals surface area contributed by atoms with E-state index in [9.17, 15) is 14.9 Å². The van der Waals surface area contributed by atoms with Gasteiger partial charge in [0.25, 0.3) is 5.91 Å². The Balaban J connectivity index is 2.19. The third-order valence-electron chi connectivity index (χ3n) is 4.25. The van der Waals surface area contributed by atoms with Crippen LogP contribution >= 0.6 is 0 Å². The molecule has 114 valence electrons. The fourth-order valence-corrected chi connectivity index (χ4v) is 2.88. The van der Waals surface area contributed by atoms with Gasteiger partial charge in [0, 0.05) is 13.1 Å². The van der Waals surface area contributed by atoms with Gasteiger partial charge in [-0.1, -0.05) is 19.9 Å². The number of hydrogen-bond acceptors (Lipinski definition) is 4. The second kappa shape index (κ2) is 6.11. The second-order valence-corrected chi connectivity index (χ2v) is 5.87. The molecule has 0 atom stereocenters. The second-order valence-electron chi connectivity index (χ2n) is 5.87. The van der Waals surface area contributed by atoms with Crippen LogP contribution in [-0.2, 0) is 0 Å². The van der Waals surface area contributed by atoms with Crippen LogP contribution in [0.2, 0.25) is 0 Å². The summed E-state index contributed by atoms with van der Waals surface area (Å²) in [6, 6.07) is 4.50. The van der Waals surface area contributed by atoms with Crippen LogP contribution in [0.5, 0.6) is 0 Å². The molecule has 0 spiro atoms. The van der Waals surface area contributed by atoms with Crippen LogP contribution in [-0.4, -0.2) is 28.8 Å². The maximum Gasteiger partial charge on any atom is 0.304 e. The Morgan fingerprint density at radius 1 is 1.38 bits per heavy atom. The number of nitrogen functional groups attached to an aromatic ring is 1. The normalized spacial score (nSPS) is 16.2. The molecule has 1 heterocycles. The van der Waals surface area contributed by atoms with E-state index in [1.165, 1.54) is 12.1 Å². The van der Waals surface area contributed by atoms with Gasteiger partial charge < -0.3 is 10.6 Å². The van der Waals surface area contributed by atoms with E-state index < -0.39 is 4.92 Å². The van der Waals surface area contributed by atoms with Crippen molar-refractivity contribution in [2.45, 2.75) is 26.7 Å². The van der Waals surface area contributed by atoms with Crippen molar-refractivity contribution in [3.05, 3.63) is 33.9 Å². The van der Waals surface area contributed by atoms with Gasteiger partial charge in [-0.15, -0.1) is 0 Å². The minimum Gasteiger partial charge on any atom is -0.393 e. The zero-order valence-corrected chi connectivity index (χ0v) is 12.4. The van der Waals surface area contributed by atoms with Crippen molar-refractivity contribution >= 4 is 17.3 Å². The Labute approximate surface area is 124 Å². The first-order chi connectivity index (χ1) is 9.91. The number of nitro groups is 1. The number of rotatable bonds is 3. The lowest BCUT2D eigenvalue weighted by Crippen LogP contribution is -2.39. The van der Waals surface area contributed by atoms with Gasteiger partial charge in [0.05, 0.1) is 4.92 Å². The van der Waals surface area contributed by atoms with E-state index >= 15 is 0 Å². The number of piperidine rings is 1.